The van der Waals surface area contributed by atoms with Gasteiger partial charge in [-0.3, -0.25) is 0 Å². The Morgan fingerprint density at radius 2 is 2.00 bits per heavy atom. The Labute approximate surface area is 134 Å². The summed E-state index contributed by atoms with van der Waals surface area (Å²) in [5, 5.41) is 10.6. The van der Waals surface area contributed by atoms with E-state index in [9.17, 15) is 5.11 Å². The standard InChI is InChI=1S/C20H30O2/c1-12-6-7-19-14(10-12)11-13(2)17-15-4-5-16(21)18(15,3)8-9-20(17,19)22-19/h13-17,21H,1,4-11H2,2-3H3/t13?,14?,15-,16?,17-,18-,19+,20+/m0/s1. The van der Waals surface area contributed by atoms with Crippen molar-refractivity contribution in [3.63, 3.8) is 0 Å². The van der Waals surface area contributed by atoms with Crippen LogP contribution in [0.5, 0.6) is 0 Å². The third-order valence-electron chi connectivity index (χ3n) is 8.72. The van der Waals surface area contributed by atoms with E-state index in [1.165, 1.54) is 44.1 Å². The van der Waals surface area contributed by atoms with Gasteiger partial charge in [0.15, 0.2) is 0 Å². The second-order valence-corrected chi connectivity index (χ2v) is 9.48. The Hall–Kier alpha value is -0.340. The number of rotatable bonds is 0. The van der Waals surface area contributed by atoms with Gasteiger partial charge in [-0.25, -0.2) is 0 Å². The number of allylic oxidation sites excluding steroid dienone is 1. The van der Waals surface area contributed by atoms with Crippen molar-refractivity contribution in [3.05, 3.63) is 12.2 Å². The van der Waals surface area contributed by atoms with Gasteiger partial charge in [-0.15, -0.1) is 0 Å². The first kappa shape index (κ1) is 14.0. The fourth-order valence-corrected chi connectivity index (χ4v) is 7.64. The maximum absolute atomic E-state index is 10.6. The average molecular weight is 302 g/mol. The second kappa shape index (κ2) is 4.00. The topological polar surface area (TPSA) is 32.8 Å². The minimum Gasteiger partial charge on any atom is -0.393 e. The van der Waals surface area contributed by atoms with E-state index >= 15 is 0 Å². The molecule has 5 rings (SSSR count). The van der Waals surface area contributed by atoms with Crippen molar-refractivity contribution in [3.8, 4) is 0 Å². The first-order valence-corrected chi connectivity index (χ1v) is 9.48. The lowest BCUT2D eigenvalue weighted by Gasteiger charge is -2.54. The van der Waals surface area contributed by atoms with Gasteiger partial charge in [0, 0.05) is 0 Å². The van der Waals surface area contributed by atoms with E-state index in [1.54, 1.807) is 0 Å². The smallest absolute Gasteiger partial charge is 0.102 e. The summed E-state index contributed by atoms with van der Waals surface area (Å²) in [6, 6.07) is 0. The Balaban J connectivity index is 1.55. The summed E-state index contributed by atoms with van der Waals surface area (Å²) in [5.74, 6) is 2.82. The normalized spacial score (nSPS) is 62.7. The number of hydrogen-bond acceptors (Lipinski definition) is 2. The Morgan fingerprint density at radius 1 is 1.18 bits per heavy atom. The van der Waals surface area contributed by atoms with Crippen molar-refractivity contribution in [1.29, 1.82) is 0 Å². The largest absolute Gasteiger partial charge is 0.393 e. The molecular weight excluding hydrogens is 272 g/mol. The van der Waals surface area contributed by atoms with Gasteiger partial charge in [0.2, 0.25) is 0 Å². The molecule has 5 aliphatic rings. The van der Waals surface area contributed by atoms with Crippen LogP contribution < -0.4 is 0 Å². The molecule has 0 amide bonds. The fourth-order valence-electron chi connectivity index (χ4n) is 7.64. The van der Waals surface area contributed by atoms with Crippen LogP contribution in [0.3, 0.4) is 0 Å². The molecule has 2 spiro atoms. The number of fused-ring (bicyclic) bond motifs is 2. The molecule has 4 saturated carbocycles. The molecule has 22 heavy (non-hydrogen) atoms. The summed E-state index contributed by atoms with van der Waals surface area (Å²) in [6.45, 7) is 9.09. The lowest BCUT2D eigenvalue weighted by atomic mass is 9.48. The molecule has 2 heteroatoms. The SMILES string of the molecule is C=C1CC[C@]23O[C@@]24CC[C@]2(C)C(O)CC[C@H]2[C@@H]4C(C)CC3C1. The first-order chi connectivity index (χ1) is 10.4. The minimum atomic E-state index is -0.0828. The van der Waals surface area contributed by atoms with Crippen LogP contribution >= 0.6 is 0 Å². The highest BCUT2D eigenvalue weighted by Crippen LogP contribution is 2.76. The van der Waals surface area contributed by atoms with Crippen LogP contribution in [0.2, 0.25) is 0 Å². The predicted molar refractivity (Wildman–Crippen MR) is 86.4 cm³/mol. The summed E-state index contributed by atoms with van der Waals surface area (Å²) < 4.78 is 6.75. The fraction of sp³-hybridized carbons (Fsp3) is 0.900. The molecule has 1 aliphatic heterocycles. The van der Waals surface area contributed by atoms with Crippen molar-refractivity contribution < 1.29 is 9.84 Å². The highest BCUT2D eigenvalue weighted by Gasteiger charge is 2.81. The van der Waals surface area contributed by atoms with Crippen molar-refractivity contribution in [2.75, 3.05) is 0 Å². The quantitative estimate of drug-likeness (QED) is 0.540. The molecular formula is C20H30O2. The monoisotopic (exact) mass is 302 g/mol. The number of aliphatic hydroxyl groups is 1. The zero-order valence-electron chi connectivity index (χ0n) is 14.1. The van der Waals surface area contributed by atoms with Crippen LogP contribution in [0.4, 0.5) is 0 Å². The van der Waals surface area contributed by atoms with E-state index in [0.717, 1.165) is 24.7 Å². The highest BCUT2D eigenvalue weighted by atomic mass is 16.6. The minimum absolute atomic E-state index is 0.0828. The molecule has 5 fully saturated rings. The van der Waals surface area contributed by atoms with Crippen LogP contribution in [0.1, 0.15) is 65.2 Å². The Bertz CT molecular complexity index is 542. The molecule has 122 valence electrons. The third kappa shape index (κ3) is 1.37. The van der Waals surface area contributed by atoms with Gasteiger partial charge in [-0.05, 0) is 80.5 Å². The van der Waals surface area contributed by atoms with Crippen molar-refractivity contribution in [1.82, 2.24) is 0 Å². The van der Waals surface area contributed by atoms with Gasteiger partial charge >= 0.3 is 0 Å². The average Bonchev–Trinajstić information content (AvgIpc) is 3.04. The summed E-state index contributed by atoms with van der Waals surface area (Å²) in [7, 11) is 0. The molecule has 1 N–H and O–H groups in total. The van der Waals surface area contributed by atoms with Gasteiger partial charge in [-0.2, -0.15) is 0 Å². The van der Waals surface area contributed by atoms with Crippen LogP contribution in [0.15, 0.2) is 12.2 Å². The van der Waals surface area contributed by atoms with Crippen molar-refractivity contribution >= 4 is 0 Å². The summed E-state index contributed by atoms with van der Waals surface area (Å²) >= 11 is 0. The molecule has 0 aromatic heterocycles. The molecule has 2 nitrogen and oxygen atoms in total. The molecule has 1 heterocycles. The van der Waals surface area contributed by atoms with E-state index < -0.39 is 0 Å². The maximum atomic E-state index is 10.6. The van der Waals surface area contributed by atoms with Gasteiger partial charge in [0.1, 0.15) is 11.2 Å². The van der Waals surface area contributed by atoms with Crippen LogP contribution in [0.25, 0.3) is 0 Å². The zero-order chi connectivity index (χ0) is 15.3. The van der Waals surface area contributed by atoms with Crippen LogP contribution in [0, 0.1) is 29.1 Å². The van der Waals surface area contributed by atoms with E-state index in [-0.39, 0.29) is 22.7 Å². The van der Waals surface area contributed by atoms with E-state index in [1.807, 2.05) is 0 Å². The summed E-state index contributed by atoms with van der Waals surface area (Å²) in [4.78, 5) is 0. The summed E-state index contributed by atoms with van der Waals surface area (Å²) in [5.41, 5.74) is 1.97. The highest BCUT2D eigenvalue weighted by molar-refractivity contribution is 5.31. The van der Waals surface area contributed by atoms with Gasteiger partial charge in [0.25, 0.3) is 0 Å². The lowest BCUT2D eigenvalue weighted by molar-refractivity contribution is -0.0700. The molecule has 0 bridgehead atoms. The molecule has 1 saturated heterocycles. The Morgan fingerprint density at radius 3 is 2.82 bits per heavy atom. The van der Waals surface area contributed by atoms with E-state index in [0.29, 0.717) is 11.8 Å². The van der Waals surface area contributed by atoms with Crippen LogP contribution in [-0.2, 0) is 4.74 Å². The number of epoxide rings is 1. The number of hydrogen-bond donors (Lipinski definition) is 1. The molecule has 0 aromatic rings. The lowest BCUT2D eigenvalue weighted by Crippen LogP contribution is -2.57. The summed E-state index contributed by atoms with van der Waals surface area (Å²) in [6.07, 6.45) is 9.39. The molecule has 0 aromatic carbocycles. The Kier molecular flexibility index (Phi) is 2.56. The number of ether oxygens (including phenoxy) is 1. The van der Waals surface area contributed by atoms with Gasteiger partial charge in [-0.1, -0.05) is 26.0 Å². The second-order valence-electron chi connectivity index (χ2n) is 9.48. The third-order valence-corrected chi connectivity index (χ3v) is 8.72. The molecule has 8 atom stereocenters. The zero-order valence-corrected chi connectivity index (χ0v) is 14.1. The van der Waals surface area contributed by atoms with E-state index in [4.69, 9.17) is 4.74 Å². The van der Waals surface area contributed by atoms with Gasteiger partial charge < -0.3 is 9.84 Å². The van der Waals surface area contributed by atoms with Crippen molar-refractivity contribution in [2.45, 2.75) is 82.5 Å². The van der Waals surface area contributed by atoms with E-state index in [2.05, 4.69) is 20.4 Å². The van der Waals surface area contributed by atoms with Gasteiger partial charge in [0.05, 0.1) is 6.10 Å². The molecule has 0 radical (unpaired) electrons. The molecule has 3 unspecified atom stereocenters. The molecule has 4 aliphatic carbocycles. The first-order valence-electron chi connectivity index (χ1n) is 9.48. The van der Waals surface area contributed by atoms with Crippen molar-refractivity contribution in [2.24, 2.45) is 29.1 Å². The predicted octanol–water partition coefficient (Wildman–Crippen LogP) is 4.08. The van der Waals surface area contributed by atoms with Crippen LogP contribution in [-0.4, -0.2) is 22.4 Å². The number of aliphatic hydroxyl groups excluding tert-OH is 1. The maximum Gasteiger partial charge on any atom is 0.102 e.